The molecule has 0 unspecified atom stereocenters. The molecule has 0 aliphatic heterocycles. The van der Waals surface area contributed by atoms with Gasteiger partial charge < -0.3 is 133 Å². The van der Waals surface area contributed by atoms with E-state index in [-0.39, 0.29) is 51.1 Å². The number of rotatable bonds is 44. The summed E-state index contributed by atoms with van der Waals surface area (Å²) < 4.78 is 71.7. The maximum atomic E-state index is 12.9. The first-order chi connectivity index (χ1) is 58.5. The number of nitrogens with zero attached hydrogens (tertiary/aromatic N) is 6. The summed E-state index contributed by atoms with van der Waals surface area (Å²) in [7, 11) is 0. The van der Waals surface area contributed by atoms with E-state index in [0.717, 1.165) is 92.8 Å². The Bertz CT molecular complexity index is 4190. The van der Waals surface area contributed by atoms with Crippen LogP contribution in [0.2, 0.25) is 0 Å². The second-order valence-corrected chi connectivity index (χ2v) is 29.4. The Balaban J connectivity index is 0.000000381. The predicted molar refractivity (Wildman–Crippen MR) is 430 cm³/mol. The van der Waals surface area contributed by atoms with E-state index in [2.05, 4.69) is 69.3 Å². The molecular weight excluding hydrogens is 1650 g/mol. The van der Waals surface area contributed by atoms with Gasteiger partial charge in [-0.15, -0.1) is 0 Å². The van der Waals surface area contributed by atoms with Crippen molar-refractivity contribution in [3.63, 3.8) is 0 Å². The van der Waals surface area contributed by atoms with Gasteiger partial charge in [-0.2, -0.15) is 26.3 Å². The van der Waals surface area contributed by atoms with Crippen molar-refractivity contribution in [2.45, 2.75) is 190 Å². The maximum absolute atomic E-state index is 12.9. The molecule has 0 aliphatic rings. The van der Waals surface area contributed by atoms with Gasteiger partial charge >= 0.3 is 12.4 Å². The molecule has 0 bridgehead atoms. The summed E-state index contributed by atoms with van der Waals surface area (Å²) in [6, 6.07) is 43.1. The Morgan fingerprint density at radius 2 is 0.589 bits per heavy atom. The maximum Gasteiger partial charge on any atom is 0.430 e. The molecule has 22 N–H and O–H groups in total. The molecule has 40 heteroatoms. The highest BCUT2D eigenvalue weighted by molar-refractivity contribution is 5.98. The number of aliphatic carboxylic acids is 2. The van der Waals surface area contributed by atoms with Crippen molar-refractivity contribution in [1.29, 1.82) is 0 Å². The number of carbonyl (C=O) groups is 4. The van der Waals surface area contributed by atoms with Crippen molar-refractivity contribution in [3.05, 3.63) is 179 Å². The highest BCUT2D eigenvalue weighted by atomic mass is 19.4. The minimum atomic E-state index is -5.19. The molecule has 8 aromatic rings. The van der Waals surface area contributed by atoms with E-state index in [0.29, 0.717) is 49.9 Å². The van der Waals surface area contributed by atoms with Gasteiger partial charge in [-0.05, 0) is 122 Å². The first-order valence-corrected chi connectivity index (χ1v) is 39.8. The Labute approximate surface area is 709 Å². The van der Waals surface area contributed by atoms with E-state index < -0.39 is 148 Å². The van der Waals surface area contributed by atoms with Gasteiger partial charge in [-0.25, -0.2) is 18.3 Å². The number of nitrogens with one attached hydrogen (secondary N) is 2. The Hall–Kier alpha value is -9.16. The van der Waals surface area contributed by atoms with Gasteiger partial charge in [0, 0.05) is 75.6 Å². The number of benzene rings is 6. The van der Waals surface area contributed by atoms with E-state index >= 15 is 0 Å². The van der Waals surface area contributed by atoms with Crippen LogP contribution in [0.15, 0.2) is 146 Å². The summed E-state index contributed by atoms with van der Waals surface area (Å²) in [5.41, 5.74) is 13.3. The molecule has 124 heavy (non-hydrogen) atoms. The van der Waals surface area contributed by atoms with Crippen molar-refractivity contribution in [1.82, 2.24) is 29.6 Å². The number of amides is 2. The van der Waals surface area contributed by atoms with Gasteiger partial charge in [-0.1, -0.05) is 97.1 Å². The van der Waals surface area contributed by atoms with Crippen molar-refractivity contribution in [3.8, 4) is 22.3 Å². The summed E-state index contributed by atoms with van der Waals surface area (Å²) in [6.07, 6.45) is -32.4. The number of aliphatic hydroxyl groups is 20. The topological polar surface area (TPSA) is 567 Å². The van der Waals surface area contributed by atoms with E-state index in [1.807, 2.05) is 133 Å². The van der Waals surface area contributed by atoms with Crippen LogP contribution >= 0.6 is 0 Å². The molecule has 8 rings (SSSR count). The molecule has 0 radical (unpaired) electrons. The minimum Gasteiger partial charge on any atom is -0.542 e. The number of aliphatic hydroxyl groups excluding tert-OH is 20. The first kappa shape index (κ1) is 105. The average molecular weight is 1770 g/mol. The van der Waals surface area contributed by atoms with Gasteiger partial charge in [0.05, 0.1) is 77.0 Å². The number of carboxylic acids is 2. The molecule has 0 fully saturated rings. The first-order valence-electron chi connectivity index (χ1n) is 39.8. The van der Waals surface area contributed by atoms with Gasteiger partial charge in [0.2, 0.25) is 12.7 Å². The lowest BCUT2D eigenvalue weighted by atomic mass is 10.00. The third kappa shape index (κ3) is 31.8. The molecule has 2 heterocycles. The van der Waals surface area contributed by atoms with Crippen LogP contribution in [-0.2, 0) is 61.5 Å². The lowest BCUT2D eigenvalue weighted by Gasteiger charge is -2.33. The third-order valence-corrected chi connectivity index (χ3v) is 20.5. The number of carbonyl (C=O) groups excluding carboxylic acids is 4. The number of alkyl halides is 6. The predicted octanol–water partition coefficient (Wildman–Crippen LogP) is -4.75. The quantitative estimate of drug-likeness (QED) is 0.0126. The number of imidazole rings is 2. The van der Waals surface area contributed by atoms with Crippen molar-refractivity contribution < 1.29 is 167 Å². The largest absolute Gasteiger partial charge is 0.542 e. The van der Waals surface area contributed by atoms with E-state index in [1.165, 1.54) is 9.80 Å². The third-order valence-electron chi connectivity index (χ3n) is 20.5. The lowest BCUT2D eigenvalue weighted by molar-refractivity contribution is -0.668. The van der Waals surface area contributed by atoms with Crippen LogP contribution in [-0.4, -0.2) is 334 Å². The molecule has 0 aliphatic carbocycles. The van der Waals surface area contributed by atoms with Crippen LogP contribution in [0, 0.1) is 0 Å². The van der Waals surface area contributed by atoms with Gasteiger partial charge in [-0.3, -0.25) is 19.4 Å². The Kier molecular flexibility index (Phi) is 43.2. The summed E-state index contributed by atoms with van der Waals surface area (Å²) >= 11 is 0. The minimum absolute atomic E-state index is 0.121. The van der Waals surface area contributed by atoms with Crippen LogP contribution in [0.3, 0.4) is 0 Å². The number of halogens is 6. The number of aromatic nitrogens is 4. The van der Waals surface area contributed by atoms with Gasteiger partial charge in [0.15, 0.2) is 22.1 Å². The normalized spacial score (nSPS) is 15.8. The molecule has 0 spiro atoms. The van der Waals surface area contributed by atoms with Crippen LogP contribution < -0.4 is 30.0 Å². The molecule has 16 atom stereocenters. The number of fused-ring (bicyclic) bond motifs is 2. The summed E-state index contributed by atoms with van der Waals surface area (Å²) in [5.74, 6) is -6.26. The summed E-state index contributed by atoms with van der Waals surface area (Å²) in [6.45, 7) is 8.22. The number of hydrogen-bond acceptors (Lipinski definition) is 28. The van der Waals surface area contributed by atoms with Crippen LogP contribution in [0.1, 0.15) is 70.7 Å². The summed E-state index contributed by atoms with van der Waals surface area (Å²) in [4.78, 5) is 46.4. The molecule has 688 valence electrons. The SMILES string of the molecule is CCn1c[n+](CC)c2ccc(C(=O)NCCc3ccc(-c4ccc(CCN(C[C@H](O)[C@@H](O)[C@H](O)[C@H](O)CO)C[C@H](O)[C@@H](O)[C@H](O)[C@H](O)CO)cc4)cc3)cc21.CCn1c[n+](CC)c2ccc(C(=O)NCCc3ccc(-c4ccc(CCN(C[C@H](O)[C@@H](O)[C@H](O)[C@H](O)CO)C[C@H](O)[C@@H](O)[C@H](O)[C@H](O)CO)cc4)cc3)cc21.O=C([O-])C(F)(F)F.O=C([O-])C(F)(F)F. The monoisotopic (exact) mass is 1760 g/mol. The fourth-order valence-electron chi connectivity index (χ4n) is 13.0. The Morgan fingerprint density at radius 3 is 0.798 bits per heavy atom. The smallest absolute Gasteiger partial charge is 0.430 e. The zero-order valence-electron chi connectivity index (χ0n) is 68.6. The van der Waals surface area contributed by atoms with E-state index in [1.54, 1.807) is 0 Å². The molecule has 2 aromatic heterocycles. The van der Waals surface area contributed by atoms with Crippen molar-refractivity contribution in [2.75, 3.05) is 78.8 Å². The van der Waals surface area contributed by atoms with Gasteiger partial charge in [0.1, 0.15) is 85.2 Å². The van der Waals surface area contributed by atoms with E-state index in [9.17, 15) is 118 Å². The van der Waals surface area contributed by atoms with Crippen molar-refractivity contribution >= 4 is 45.8 Å². The van der Waals surface area contributed by atoms with Crippen molar-refractivity contribution in [2.24, 2.45) is 0 Å². The second kappa shape index (κ2) is 50.8. The van der Waals surface area contributed by atoms with Crippen LogP contribution in [0.5, 0.6) is 0 Å². The molecule has 2 amide bonds. The zero-order valence-corrected chi connectivity index (χ0v) is 68.6. The average Bonchev–Trinajstić information content (AvgIpc) is 1.64. The van der Waals surface area contributed by atoms with Crippen LogP contribution in [0.25, 0.3) is 44.3 Å². The number of hydrogen-bond donors (Lipinski definition) is 22. The fourth-order valence-corrected chi connectivity index (χ4v) is 13.0. The highest BCUT2D eigenvalue weighted by Gasteiger charge is 2.38. The second-order valence-electron chi connectivity index (χ2n) is 29.4. The van der Waals surface area contributed by atoms with E-state index in [4.69, 9.17) is 40.2 Å². The number of carboxylic acid groups (broad SMARTS) is 2. The zero-order chi connectivity index (χ0) is 92.6. The Morgan fingerprint density at radius 1 is 0.363 bits per heavy atom. The molecule has 0 saturated heterocycles. The lowest BCUT2D eigenvalue weighted by Crippen LogP contribution is -2.53. The molecule has 6 aromatic carbocycles. The number of aryl methyl sites for hydroxylation is 4. The molecule has 0 saturated carbocycles. The molecule has 34 nitrogen and oxygen atoms in total. The fraction of sp³-hybridized carbons (Fsp3) is 0.500. The summed E-state index contributed by atoms with van der Waals surface area (Å²) in [5, 5.41) is 223. The molecular formula is C84H114F6N8O26. The highest BCUT2D eigenvalue weighted by Crippen LogP contribution is 2.26. The van der Waals surface area contributed by atoms with Crippen LogP contribution in [0.4, 0.5) is 26.3 Å². The standard InChI is InChI=1S/2C40H56N4O11.2C2HF3O2/c2*1-3-43-24-44(4-2)31-19-29(13-14-30(31)43)40(55)41-17-15-25-5-9-27(10-6-25)28-11-7-26(8-12-28)16-18-42(20-32(47)36(51)38(53)34(49)22-45)21-33(48)37(52)39(54)35(50)23-46;2*3-2(4,5)1(6)7/h2*5-14,19,24,32-39,45-54H,3-4,15-18,20-23H2,1-2H3;2*(H,6,7)/t2*32-,33-,34+,35+,36+,37+,38+,39+;;/m00../s1. The van der Waals surface area contributed by atoms with Gasteiger partial charge in [0.25, 0.3) is 11.8 Å².